The molecule has 2 aromatic carbocycles. The number of hydrogen-bond donors (Lipinski definition) is 0. The van der Waals surface area contributed by atoms with E-state index in [1.54, 1.807) is 0 Å². The minimum atomic E-state index is 0.805. The summed E-state index contributed by atoms with van der Waals surface area (Å²) < 4.78 is 5.95. The molecule has 0 fully saturated rings. The van der Waals surface area contributed by atoms with E-state index in [1.165, 1.54) is 4.90 Å². The van der Waals surface area contributed by atoms with Crippen molar-refractivity contribution in [2.45, 2.75) is 17.7 Å². The predicted octanol–water partition coefficient (Wildman–Crippen LogP) is 5.60. The number of rotatable bonds is 5. The average molecular weight is 295 g/mol. The van der Waals surface area contributed by atoms with Gasteiger partial charge in [0, 0.05) is 16.7 Å². The molecule has 0 spiro atoms. The number of aliphatic imine (C=N–C) groups is 1. The van der Waals surface area contributed by atoms with Crippen molar-refractivity contribution < 1.29 is 4.74 Å². The maximum absolute atomic E-state index is 5.95. The van der Waals surface area contributed by atoms with E-state index in [9.17, 15) is 0 Å². The Hall–Kier alpha value is -2.00. The summed E-state index contributed by atoms with van der Waals surface area (Å²) in [7, 11) is 0. The van der Waals surface area contributed by atoms with Crippen LogP contribution in [0.25, 0.3) is 0 Å². The Morgan fingerprint density at radius 1 is 1.14 bits per heavy atom. The Morgan fingerprint density at radius 2 is 2.05 bits per heavy atom. The van der Waals surface area contributed by atoms with Crippen LogP contribution in [-0.4, -0.2) is 12.0 Å². The second kappa shape index (κ2) is 6.64. The molecular weight excluding hydrogens is 278 g/mol. The molecule has 0 N–H and O–H groups in total. The van der Waals surface area contributed by atoms with Crippen molar-refractivity contribution in [2.75, 3.05) is 5.75 Å². The fourth-order valence-corrected chi connectivity index (χ4v) is 3.06. The van der Waals surface area contributed by atoms with E-state index in [0.29, 0.717) is 0 Å². The zero-order valence-electron chi connectivity index (χ0n) is 11.8. The molecule has 2 aromatic rings. The molecule has 0 atom stereocenters. The normalized spacial score (nSPS) is 12.0. The summed E-state index contributed by atoms with van der Waals surface area (Å²) in [5.41, 5.74) is 1.90. The third-order valence-electron chi connectivity index (χ3n) is 3.23. The quantitative estimate of drug-likeness (QED) is 0.347. The van der Waals surface area contributed by atoms with Crippen LogP contribution < -0.4 is 4.74 Å². The second-order valence-electron chi connectivity index (χ2n) is 4.81. The first-order valence-electron chi connectivity index (χ1n) is 7.05. The minimum Gasteiger partial charge on any atom is -0.454 e. The summed E-state index contributed by atoms with van der Waals surface area (Å²) in [5, 5.41) is 0. The van der Waals surface area contributed by atoms with Crippen LogP contribution >= 0.6 is 11.8 Å². The molecule has 3 rings (SSSR count). The van der Waals surface area contributed by atoms with Crippen LogP contribution in [0, 0.1) is 0 Å². The fraction of sp³-hybridized carbons (Fsp3) is 0.167. The topological polar surface area (TPSA) is 21.6 Å². The highest BCUT2D eigenvalue weighted by Gasteiger charge is 2.11. The molecule has 0 aromatic heterocycles. The zero-order chi connectivity index (χ0) is 14.5. The van der Waals surface area contributed by atoms with Gasteiger partial charge in [0.05, 0.1) is 0 Å². The van der Waals surface area contributed by atoms with Gasteiger partial charge in [-0.15, -0.1) is 18.3 Å². The van der Waals surface area contributed by atoms with E-state index in [2.05, 4.69) is 23.7 Å². The van der Waals surface area contributed by atoms with Crippen LogP contribution in [0.2, 0.25) is 0 Å². The Bertz CT molecular complexity index is 679. The van der Waals surface area contributed by atoms with Crippen LogP contribution in [0.5, 0.6) is 11.5 Å². The highest BCUT2D eigenvalue weighted by atomic mass is 32.2. The summed E-state index contributed by atoms with van der Waals surface area (Å²) in [4.78, 5) is 5.76. The molecule has 0 unspecified atom stereocenters. The Kier molecular flexibility index (Phi) is 4.41. The lowest BCUT2D eigenvalue weighted by Crippen LogP contribution is -1.89. The highest BCUT2D eigenvalue weighted by molar-refractivity contribution is 7.99. The molecule has 1 aliphatic heterocycles. The van der Waals surface area contributed by atoms with Gasteiger partial charge in [0.25, 0.3) is 0 Å². The zero-order valence-corrected chi connectivity index (χ0v) is 12.6. The third kappa shape index (κ3) is 3.37. The van der Waals surface area contributed by atoms with Crippen LogP contribution in [0.4, 0.5) is 5.69 Å². The summed E-state index contributed by atoms with van der Waals surface area (Å²) in [6, 6.07) is 14.1. The molecule has 0 amide bonds. The van der Waals surface area contributed by atoms with E-state index >= 15 is 0 Å². The number of hydrogen-bond acceptors (Lipinski definition) is 3. The minimum absolute atomic E-state index is 0.805. The van der Waals surface area contributed by atoms with Crippen molar-refractivity contribution in [2.24, 2.45) is 4.99 Å². The van der Waals surface area contributed by atoms with Gasteiger partial charge in [-0.1, -0.05) is 18.2 Å². The largest absolute Gasteiger partial charge is 0.454 e. The van der Waals surface area contributed by atoms with Crippen molar-refractivity contribution in [1.29, 1.82) is 0 Å². The van der Waals surface area contributed by atoms with Crippen molar-refractivity contribution >= 4 is 23.7 Å². The number of fused-ring (bicyclic) bond motifs is 2. The number of thioether (sulfide) groups is 1. The smallest absolute Gasteiger partial charge is 0.153 e. The van der Waals surface area contributed by atoms with Crippen LogP contribution in [0.3, 0.4) is 0 Å². The molecule has 3 heteroatoms. The van der Waals surface area contributed by atoms with Gasteiger partial charge in [0.15, 0.2) is 5.75 Å². The first-order chi connectivity index (χ1) is 10.4. The molecule has 0 saturated carbocycles. The average Bonchev–Trinajstić information content (AvgIpc) is 2.70. The van der Waals surface area contributed by atoms with Crippen LogP contribution in [-0.2, 0) is 0 Å². The summed E-state index contributed by atoms with van der Waals surface area (Å²) >= 11 is 1.86. The van der Waals surface area contributed by atoms with Gasteiger partial charge in [-0.05, 0) is 48.9 Å². The Balaban J connectivity index is 1.79. The molecule has 1 aliphatic rings. The molecule has 2 nitrogen and oxygen atoms in total. The van der Waals surface area contributed by atoms with Gasteiger partial charge in [0.2, 0.25) is 0 Å². The van der Waals surface area contributed by atoms with Crippen LogP contribution in [0.1, 0.15) is 18.4 Å². The Labute approximate surface area is 129 Å². The SMILES string of the molecule is C=CCCCSc1ccc2c(c1)C=Nc1ccccc1O2. The van der Waals surface area contributed by atoms with E-state index < -0.39 is 0 Å². The molecule has 106 valence electrons. The molecule has 0 bridgehead atoms. The summed E-state index contributed by atoms with van der Waals surface area (Å²) in [6.45, 7) is 3.75. The van der Waals surface area contributed by atoms with Crippen LogP contribution in [0.15, 0.2) is 65.0 Å². The maximum Gasteiger partial charge on any atom is 0.153 e. The standard InChI is InChI=1S/C18H17NOS/c1-2-3-6-11-21-15-9-10-17-14(12-15)13-19-16-7-4-5-8-18(16)20-17/h2,4-5,7-10,12-13H,1,3,6,11H2. The van der Waals surface area contributed by atoms with Crippen molar-refractivity contribution in [1.82, 2.24) is 0 Å². The van der Waals surface area contributed by atoms with E-state index in [1.807, 2.05) is 54.4 Å². The second-order valence-corrected chi connectivity index (χ2v) is 5.98. The Morgan fingerprint density at radius 3 is 2.95 bits per heavy atom. The molecule has 0 radical (unpaired) electrons. The molecule has 1 heterocycles. The number of benzene rings is 2. The lowest BCUT2D eigenvalue weighted by molar-refractivity contribution is 0.484. The monoisotopic (exact) mass is 295 g/mol. The maximum atomic E-state index is 5.95. The number of unbranched alkanes of at least 4 members (excludes halogenated alkanes) is 1. The number of ether oxygens (including phenoxy) is 1. The van der Waals surface area contributed by atoms with Gasteiger partial charge >= 0.3 is 0 Å². The van der Waals surface area contributed by atoms with Gasteiger partial charge in [-0.3, -0.25) is 4.99 Å². The first-order valence-corrected chi connectivity index (χ1v) is 8.04. The highest BCUT2D eigenvalue weighted by Crippen LogP contribution is 2.36. The molecule has 0 aliphatic carbocycles. The number of para-hydroxylation sites is 2. The van der Waals surface area contributed by atoms with Gasteiger partial charge < -0.3 is 4.74 Å². The van der Waals surface area contributed by atoms with Gasteiger partial charge in [0.1, 0.15) is 11.4 Å². The fourth-order valence-electron chi connectivity index (χ4n) is 2.14. The first kappa shape index (κ1) is 14.0. The number of allylic oxidation sites excluding steroid dienone is 1. The number of nitrogens with zero attached hydrogens (tertiary/aromatic N) is 1. The van der Waals surface area contributed by atoms with Crippen molar-refractivity contribution in [3.63, 3.8) is 0 Å². The summed E-state index contributed by atoms with van der Waals surface area (Å²) in [5.74, 6) is 2.77. The van der Waals surface area contributed by atoms with E-state index in [-0.39, 0.29) is 0 Å². The van der Waals surface area contributed by atoms with E-state index in [4.69, 9.17) is 4.74 Å². The van der Waals surface area contributed by atoms with Crippen molar-refractivity contribution in [3.05, 3.63) is 60.7 Å². The van der Waals surface area contributed by atoms with Gasteiger partial charge in [-0.2, -0.15) is 0 Å². The van der Waals surface area contributed by atoms with Crippen molar-refractivity contribution in [3.8, 4) is 11.5 Å². The molecule has 0 saturated heterocycles. The van der Waals surface area contributed by atoms with Gasteiger partial charge in [-0.25, -0.2) is 0 Å². The third-order valence-corrected chi connectivity index (χ3v) is 4.31. The lowest BCUT2D eigenvalue weighted by atomic mass is 10.2. The molecule has 21 heavy (non-hydrogen) atoms. The van der Waals surface area contributed by atoms with E-state index in [0.717, 1.165) is 41.3 Å². The summed E-state index contributed by atoms with van der Waals surface area (Å²) in [6.07, 6.45) is 6.07. The molecular formula is C18H17NOS. The lowest BCUT2D eigenvalue weighted by Gasteiger charge is -2.09. The predicted molar refractivity (Wildman–Crippen MR) is 90.4 cm³/mol.